The molecular weight excluding hydrogens is 278 g/mol. The zero-order valence-corrected chi connectivity index (χ0v) is 13.1. The van der Waals surface area contributed by atoms with Crippen molar-refractivity contribution >= 4 is 5.69 Å². The van der Waals surface area contributed by atoms with Gasteiger partial charge in [-0.25, -0.2) is 0 Å². The summed E-state index contributed by atoms with van der Waals surface area (Å²) in [5, 5.41) is 11.1. The van der Waals surface area contributed by atoms with E-state index in [0.717, 1.165) is 31.7 Å². The Bertz CT molecular complexity index is 490. The van der Waals surface area contributed by atoms with Gasteiger partial charge in [-0.15, -0.1) is 0 Å². The summed E-state index contributed by atoms with van der Waals surface area (Å²) in [6.45, 7) is 4.40. The van der Waals surface area contributed by atoms with Crippen molar-refractivity contribution in [1.82, 2.24) is 9.80 Å². The molecule has 0 aliphatic carbocycles. The molecular formula is C17H25N3O2. The Morgan fingerprint density at radius 3 is 1.95 bits per heavy atom. The molecule has 2 aliphatic rings. The van der Waals surface area contributed by atoms with Crippen molar-refractivity contribution in [3.8, 4) is 0 Å². The molecule has 5 nitrogen and oxygen atoms in total. The van der Waals surface area contributed by atoms with Gasteiger partial charge in [0.05, 0.1) is 11.1 Å². The summed E-state index contributed by atoms with van der Waals surface area (Å²) in [4.78, 5) is 15.9. The Labute approximate surface area is 132 Å². The smallest absolute Gasteiger partial charge is 0.269 e. The summed E-state index contributed by atoms with van der Waals surface area (Å²) in [7, 11) is 0. The summed E-state index contributed by atoms with van der Waals surface area (Å²) in [5.74, 6) is 0. The summed E-state index contributed by atoms with van der Waals surface area (Å²) < 4.78 is 0. The van der Waals surface area contributed by atoms with Gasteiger partial charge in [0.25, 0.3) is 5.69 Å². The van der Waals surface area contributed by atoms with Crippen LogP contribution < -0.4 is 0 Å². The molecule has 1 aromatic carbocycles. The highest BCUT2D eigenvalue weighted by atomic mass is 16.6. The fraction of sp³-hybridized carbons (Fsp3) is 0.647. The lowest BCUT2D eigenvalue weighted by Crippen LogP contribution is -2.45. The molecule has 0 spiro atoms. The molecule has 0 radical (unpaired) electrons. The van der Waals surface area contributed by atoms with Gasteiger partial charge in [-0.2, -0.15) is 0 Å². The van der Waals surface area contributed by atoms with Crippen molar-refractivity contribution in [2.45, 2.75) is 44.7 Å². The van der Waals surface area contributed by atoms with Gasteiger partial charge in [0.2, 0.25) is 0 Å². The Balaban J connectivity index is 1.89. The van der Waals surface area contributed by atoms with E-state index in [1.807, 2.05) is 6.07 Å². The summed E-state index contributed by atoms with van der Waals surface area (Å²) in [6.07, 6.45) is 7.76. The molecule has 5 heteroatoms. The molecule has 0 saturated carbocycles. The number of nitro benzene ring substituents is 1. The minimum atomic E-state index is -0.285. The van der Waals surface area contributed by atoms with Crippen molar-refractivity contribution in [3.05, 3.63) is 39.9 Å². The van der Waals surface area contributed by atoms with Crippen molar-refractivity contribution in [3.63, 3.8) is 0 Å². The van der Waals surface area contributed by atoms with Gasteiger partial charge >= 0.3 is 0 Å². The lowest BCUT2D eigenvalue weighted by molar-refractivity contribution is -0.385. The van der Waals surface area contributed by atoms with E-state index >= 15 is 0 Å². The van der Waals surface area contributed by atoms with Crippen LogP contribution in [0.4, 0.5) is 5.69 Å². The lowest BCUT2D eigenvalue weighted by atomic mass is 10.0. The predicted octanol–water partition coefficient (Wildman–Crippen LogP) is 3.57. The number of nitrogens with zero attached hydrogens (tertiary/aromatic N) is 3. The Morgan fingerprint density at radius 2 is 1.45 bits per heavy atom. The second-order valence-corrected chi connectivity index (χ2v) is 6.42. The molecule has 0 unspecified atom stereocenters. The van der Waals surface area contributed by atoms with Crippen LogP contribution in [-0.4, -0.2) is 40.9 Å². The quantitative estimate of drug-likeness (QED) is 0.630. The first-order valence-electron chi connectivity index (χ1n) is 8.48. The first-order chi connectivity index (χ1) is 10.8. The van der Waals surface area contributed by atoms with Gasteiger partial charge in [-0.05, 0) is 57.4 Å². The van der Waals surface area contributed by atoms with E-state index < -0.39 is 0 Å². The van der Waals surface area contributed by atoms with Crippen LogP contribution in [-0.2, 0) is 0 Å². The fourth-order valence-corrected chi connectivity index (χ4v) is 3.78. The van der Waals surface area contributed by atoms with Crippen molar-refractivity contribution in [1.29, 1.82) is 0 Å². The topological polar surface area (TPSA) is 49.6 Å². The number of piperidine rings is 2. The summed E-state index contributed by atoms with van der Waals surface area (Å²) in [6, 6.07) is 7.25. The largest absolute Gasteiger partial charge is 0.284 e. The monoisotopic (exact) mass is 303 g/mol. The second-order valence-electron chi connectivity index (χ2n) is 6.42. The standard InChI is InChI=1S/C17H25N3O2/c21-20(22)16-9-7-8-15(14-16)17(18-10-3-1-4-11-18)19-12-5-2-6-13-19/h7-9,14,17H,1-6,10-13H2. The molecule has 1 aromatic rings. The van der Waals surface area contributed by atoms with E-state index in [9.17, 15) is 10.1 Å². The van der Waals surface area contributed by atoms with Gasteiger partial charge in [-0.1, -0.05) is 25.0 Å². The maximum absolute atomic E-state index is 11.1. The van der Waals surface area contributed by atoms with E-state index in [1.54, 1.807) is 12.1 Å². The molecule has 0 amide bonds. The van der Waals surface area contributed by atoms with Gasteiger partial charge in [-0.3, -0.25) is 19.9 Å². The second kappa shape index (κ2) is 7.20. The number of hydrogen-bond donors (Lipinski definition) is 0. The van der Waals surface area contributed by atoms with Gasteiger partial charge < -0.3 is 0 Å². The molecule has 22 heavy (non-hydrogen) atoms. The normalized spacial score (nSPS) is 21.1. The highest BCUT2D eigenvalue weighted by Gasteiger charge is 2.29. The molecule has 0 N–H and O–H groups in total. The molecule has 0 bridgehead atoms. The fourth-order valence-electron chi connectivity index (χ4n) is 3.78. The maximum Gasteiger partial charge on any atom is 0.269 e. The molecule has 120 valence electrons. The molecule has 3 rings (SSSR count). The van der Waals surface area contributed by atoms with Gasteiger partial charge in [0, 0.05) is 12.1 Å². The van der Waals surface area contributed by atoms with Crippen LogP contribution in [0, 0.1) is 10.1 Å². The lowest BCUT2D eigenvalue weighted by Gasteiger charge is -2.43. The molecule has 2 saturated heterocycles. The van der Waals surface area contributed by atoms with Crippen LogP contribution in [0.1, 0.15) is 50.3 Å². The Morgan fingerprint density at radius 1 is 0.909 bits per heavy atom. The molecule has 0 atom stereocenters. The first kappa shape index (κ1) is 15.4. The van der Waals surface area contributed by atoms with Crippen LogP contribution >= 0.6 is 0 Å². The molecule has 2 aliphatic heterocycles. The third kappa shape index (κ3) is 3.47. The highest BCUT2D eigenvalue weighted by Crippen LogP contribution is 2.32. The predicted molar refractivity (Wildman–Crippen MR) is 86.7 cm³/mol. The van der Waals surface area contributed by atoms with Crippen LogP contribution in [0.3, 0.4) is 0 Å². The molecule has 2 fully saturated rings. The number of hydrogen-bond acceptors (Lipinski definition) is 4. The minimum absolute atomic E-state index is 0.205. The zero-order valence-electron chi connectivity index (χ0n) is 13.1. The molecule has 0 aromatic heterocycles. The van der Waals surface area contributed by atoms with Crippen LogP contribution in [0.15, 0.2) is 24.3 Å². The van der Waals surface area contributed by atoms with Gasteiger partial charge in [0.1, 0.15) is 0 Å². The Kier molecular flexibility index (Phi) is 5.05. The SMILES string of the molecule is O=[N+]([O-])c1cccc(C(N2CCCCC2)N2CCCCC2)c1. The summed E-state index contributed by atoms with van der Waals surface area (Å²) >= 11 is 0. The maximum atomic E-state index is 11.1. The van der Waals surface area contributed by atoms with Crippen LogP contribution in [0.2, 0.25) is 0 Å². The van der Waals surface area contributed by atoms with E-state index in [4.69, 9.17) is 0 Å². The molecule has 2 heterocycles. The van der Waals surface area contributed by atoms with Crippen molar-refractivity contribution in [2.75, 3.05) is 26.2 Å². The highest BCUT2D eigenvalue weighted by molar-refractivity contribution is 5.35. The number of rotatable bonds is 4. The number of nitro groups is 1. The number of non-ortho nitro benzene ring substituents is 1. The third-order valence-corrected chi connectivity index (χ3v) is 4.85. The number of likely N-dealkylation sites (tertiary alicyclic amines) is 2. The van der Waals surface area contributed by atoms with Crippen molar-refractivity contribution in [2.24, 2.45) is 0 Å². The van der Waals surface area contributed by atoms with E-state index in [1.165, 1.54) is 38.5 Å². The first-order valence-corrected chi connectivity index (χ1v) is 8.48. The third-order valence-electron chi connectivity index (χ3n) is 4.85. The number of benzene rings is 1. The van der Waals surface area contributed by atoms with E-state index in [2.05, 4.69) is 15.9 Å². The van der Waals surface area contributed by atoms with Crippen LogP contribution in [0.25, 0.3) is 0 Å². The van der Waals surface area contributed by atoms with E-state index in [-0.39, 0.29) is 16.8 Å². The van der Waals surface area contributed by atoms with E-state index in [0.29, 0.717) is 0 Å². The van der Waals surface area contributed by atoms with Gasteiger partial charge in [0.15, 0.2) is 0 Å². The van der Waals surface area contributed by atoms with Crippen molar-refractivity contribution < 1.29 is 4.92 Å². The zero-order chi connectivity index (χ0) is 15.4. The summed E-state index contributed by atoms with van der Waals surface area (Å²) in [5.41, 5.74) is 1.29. The minimum Gasteiger partial charge on any atom is -0.284 e. The average Bonchev–Trinajstić information content (AvgIpc) is 2.57. The Hall–Kier alpha value is -1.46. The van der Waals surface area contributed by atoms with Crippen LogP contribution in [0.5, 0.6) is 0 Å². The average molecular weight is 303 g/mol.